The summed E-state index contributed by atoms with van der Waals surface area (Å²) in [6.45, 7) is 1.03. The van der Waals surface area contributed by atoms with Gasteiger partial charge >= 0.3 is 0 Å². The maximum Gasteiger partial charge on any atom is 0.254 e. The standard InChI is InChI=1S/C8H14ClNO2S/c9-13(11,12)7-3-5-8-4-1-2-6-10-8/h3,7-8,10H,1-2,4-6H2/b7-3-. The third kappa shape index (κ3) is 5.29. The highest BCUT2D eigenvalue weighted by atomic mass is 35.7. The topological polar surface area (TPSA) is 46.2 Å². The first-order valence-corrected chi connectivity index (χ1v) is 6.80. The molecule has 1 aliphatic heterocycles. The van der Waals surface area contributed by atoms with Crippen LogP contribution in [0.4, 0.5) is 0 Å². The first kappa shape index (κ1) is 11.0. The maximum atomic E-state index is 10.5. The summed E-state index contributed by atoms with van der Waals surface area (Å²) in [6, 6.07) is 0.420. The minimum Gasteiger partial charge on any atom is -0.314 e. The zero-order valence-corrected chi connectivity index (χ0v) is 8.94. The van der Waals surface area contributed by atoms with Gasteiger partial charge in [-0.2, -0.15) is 0 Å². The van der Waals surface area contributed by atoms with Crippen molar-refractivity contribution in [3.63, 3.8) is 0 Å². The smallest absolute Gasteiger partial charge is 0.254 e. The lowest BCUT2D eigenvalue weighted by Gasteiger charge is -2.21. The van der Waals surface area contributed by atoms with Gasteiger partial charge in [0.15, 0.2) is 0 Å². The van der Waals surface area contributed by atoms with Crippen LogP contribution in [0.5, 0.6) is 0 Å². The molecule has 0 radical (unpaired) electrons. The second kappa shape index (κ2) is 4.98. The van der Waals surface area contributed by atoms with Gasteiger partial charge in [-0.25, -0.2) is 8.42 Å². The molecule has 1 rings (SSSR count). The molecule has 76 valence electrons. The Hall–Kier alpha value is -0.0600. The van der Waals surface area contributed by atoms with Gasteiger partial charge < -0.3 is 5.32 Å². The lowest BCUT2D eigenvalue weighted by molar-refractivity contribution is 0.404. The Bertz CT molecular complexity index is 268. The molecule has 1 N–H and O–H groups in total. The van der Waals surface area contributed by atoms with Crippen LogP contribution in [0.25, 0.3) is 0 Å². The van der Waals surface area contributed by atoms with Crippen LogP contribution >= 0.6 is 10.7 Å². The number of hydrogen-bond acceptors (Lipinski definition) is 3. The first-order valence-electron chi connectivity index (χ1n) is 4.42. The number of halogens is 1. The van der Waals surface area contributed by atoms with Crippen LogP contribution in [0.1, 0.15) is 25.7 Å². The van der Waals surface area contributed by atoms with Crippen LogP contribution in [0.15, 0.2) is 11.5 Å². The Morgan fingerprint density at radius 1 is 1.46 bits per heavy atom. The van der Waals surface area contributed by atoms with Crippen LogP contribution in [0, 0.1) is 0 Å². The fourth-order valence-electron chi connectivity index (χ4n) is 1.46. The molecule has 0 saturated carbocycles. The van der Waals surface area contributed by atoms with E-state index in [0.29, 0.717) is 6.04 Å². The number of nitrogens with one attached hydrogen (secondary N) is 1. The summed E-state index contributed by atoms with van der Waals surface area (Å²) < 4.78 is 21.1. The Morgan fingerprint density at radius 3 is 2.77 bits per heavy atom. The molecule has 3 nitrogen and oxygen atoms in total. The summed E-state index contributed by atoms with van der Waals surface area (Å²) in [6.07, 6.45) is 5.91. The monoisotopic (exact) mass is 223 g/mol. The van der Waals surface area contributed by atoms with Crippen LogP contribution in [0.2, 0.25) is 0 Å². The van der Waals surface area contributed by atoms with E-state index in [9.17, 15) is 8.42 Å². The van der Waals surface area contributed by atoms with E-state index < -0.39 is 9.05 Å². The Kier molecular flexibility index (Phi) is 4.22. The second-order valence-electron chi connectivity index (χ2n) is 3.23. The fraction of sp³-hybridized carbons (Fsp3) is 0.750. The minimum atomic E-state index is -3.46. The zero-order valence-electron chi connectivity index (χ0n) is 7.37. The Morgan fingerprint density at radius 2 is 2.23 bits per heavy atom. The summed E-state index contributed by atoms with van der Waals surface area (Å²) >= 11 is 0. The molecule has 0 spiro atoms. The molecule has 0 aromatic rings. The van der Waals surface area contributed by atoms with Crippen LogP contribution in [-0.2, 0) is 9.05 Å². The van der Waals surface area contributed by atoms with E-state index in [1.54, 1.807) is 6.08 Å². The highest BCUT2D eigenvalue weighted by Gasteiger charge is 2.10. The molecule has 1 atom stereocenters. The Balaban J connectivity index is 2.29. The van der Waals surface area contributed by atoms with Crippen molar-refractivity contribution >= 4 is 19.7 Å². The molecule has 1 heterocycles. The van der Waals surface area contributed by atoms with Crippen molar-refractivity contribution in [2.45, 2.75) is 31.7 Å². The average Bonchev–Trinajstić information content (AvgIpc) is 2.04. The predicted molar refractivity (Wildman–Crippen MR) is 54.2 cm³/mol. The van der Waals surface area contributed by atoms with Crippen molar-refractivity contribution in [2.24, 2.45) is 0 Å². The summed E-state index contributed by atoms with van der Waals surface area (Å²) in [7, 11) is 1.55. The molecule has 0 aromatic carbocycles. The fourth-order valence-corrected chi connectivity index (χ4v) is 2.02. The van der Waals surface area contributed by atoms with Crippen LogP contribution in [-0.4, -0.2) is 21.0 Å². The van der Waals surface area contributed by atoms with Crippen LogP contribution < -0.4 is 5.32 Å². The summed E-state index contributed by atoms with van der Waals surface area (Å²) in [5.41, 5.74) is 0. The Labute approximate surface area is 83.6 Å². The lowest BCUT2D eigenvalue weighted by Crippen LogP contribution is -2.33. The third-order valence-corrected chi connectivity index (χ3v) is 2.92. The molecular formula is C8H14ClNO2S. The number of hydrogen-bond donors (Lipinski definition) is 1. The number of piperidine rings is 1. The highest BCUT2D eigenvalue weighted by molar-refractivity contribution is 8.16. The van der Waals surface area contributed by atoms with E-state index in [2.05, 4.69) is 5.32 Å². The van der Waals surface area contributed by atoms with Gasteiger partial charge in [0.05, 0.1) is 0 Å². The van der Waals surface area contributed by atoms with Gasteiger partial charge in [-0.1, -0.05) is 12.5 Å². The van der Waals surface area contributed by atoms with Gasteiger partial charge in [0.1, 0.15) is 0 Å². The molecule has 1 fully saturated rings. The predicted octanol–water partition coefficient (Wildman–Crippen LogP) is 1.60. The summed E-state index contributed by atoms with van der Waals surface area (Å²) in [5.74, 6) is 0. The van der Waals surface area contributed by atoms with Gasteiger partial charge in [0.2, 0.25) is 0 Å². The molecule has 13 heavy (non-hydrogen) atoms. The van der Waals surface area contributed by atoms with Crippen LogP contribution in [0.3, 0.4) is 0 Å². The van der Waals surface area contributed by atoms with Gasteiger partial charge in [0.25, 0.3) is 9.05 Å². The van der Waals surface area contributed by atoms with Crippen molar-refractivity contribution in [3.05, 3.63) is 11.5 Å². The van der Waals surface area contributed by atoms with E-state index in [-0.39, 0.29) is 0 Å². The van der Waals surface area contributed by atoms with E-state index in [1.165, 1.54) is 12.8 Å². The van der Waals surface area contributed by atoms with Crippen molar-refractivity contribution in [1.29, 1.82) is 0 Å². The van der Waals surface area contributed by atoms with Crippen molar-refractivity contribution < 1.29 is 8.42 Å². The largest absolute Gasteiger partial charge is 0.314 e. The van der Waals surface area contributed by atoms with Gasteiger partial charge in [0, 0.05) is 22.1 Å². The average molecular weight is 224 g/mol. The molecular weight excluding hydrogens is 210 g/mol. The second-order valence-corrected chi connectivity index (χ2v) is 5.74. The van der Waals surface area contributed by atoms with E-state index in [1.807, 2.05) is 0 Å². The maximum absolute atomic E-state index is 10.5. The third-order valence-electron chi connectivity index (χ3n) is 2.09. The SMILES string of the molecule is O=S(=O)(Cl)/C=C\CC1CCCCN1. The van der Waals surface area contributed by atoms with Gasteiger partial charge in [-0.15, -0.1) is 0 Å². The number of rotatable bonds is 3. The van der Waals surface area contributed by atoms with E-state index >= 15 is 0 Å². The minimum absolute atomic E-state index is 0.420. The van der Waals surface area contributed by atoms with Gasteiger partial charge in [-0.05, 0) is 25.8 Å². The summed E-state index contributed by atoms with van der Waals surface area (Å²) in [4.78, 5) is 0. The molecule has 0 amide bonds. The molecule has 1 aliphatic rings. The zero-order chi connectivity index (χ0) is 9.73. The molecule has 5 heteroatoms. The highest BCUT2D eigenvalue weighted by Crippen LogP contribution is 2.11. The quantitative estimate of drug-likeness (QED) is 0.740. The molecule has 1 unspecified atom stereocenters. The summed E-state index contributed by atoms with van der Waals surface area (Å²) in [5, 5.41) is 4.38. The molecule has 0 bridgehead atoms. The van der Waals surface area contributed by atoms with E-state index in [4.69, 9.17) is 10.7 Å². The lowest BCUT2D eigenvalue weighted by atomic mass is 10.0. The normalized spacial score (nSPS) is 25.2. The molecule has 0 aliphatic carbocycles. The molecule has 0 aromatic heterocycles. The first-order chi connectivity index (χ1) is 6.08. The van der Waals surface area contributed by atoms with Crippen molar-refractivity contribution in [2.75, 3.05) is 6.54 Å². The van der Waals surface area contributed by atoms with E-state index in [0.717, 1.165) is 24.8 Å². The van der Waals surface area contributed by atoms with Crippen molar-refractivity contribution in [1.82, 2.24) is 5.32 Å². The van der Waals surface area contributed by atoms with Crippen molar-refractivity contribution in [3.8, 4) is 0 Å². The van der Waals surface area contributed by atoms with Gasteiger partial charge in [-0.3, -0.25) is 0 Å². The molecule has 1 saturated heterocycles.